The second kappa shape index (κ2) is 7.57. The molecule has 1 rings (SSSR count). The molecule has 17 heavy (non-hydrogen) atoms. The highest BCUT2D eigenvalue weighted by atomic mass is 35.5. The van der Waals surface area contributed by atoms with Gasteiger partial charge in [0.1, 0.15) is 0 Å². The second-order valence-corrected chi connectivity index (χ2v) is 4.99. The average molecular weight is 255 g/mol. The van der Waals surface area contributed by atoms with Crippen LogP contribution in [0.3, 0.4) is 0 Å². The lowest BCUT2D eigenvalue weighted by atomic mass is 10.2. The number of hydrogen-bond donors (Lipinski definition) is 1. The van der Waals surface area contributed by atoms with Crippen molar-refractivity contribution in [1.82, 2.24) is 4.90 Å². The van der Waals surface area contributed by atoms with Gasteiger partial charge in [-0.2, -0.15) is 0 Å². The molecule has 1 unspecified atom stereocenters. The molecule has 96 valence electrons. The first-order valence-corrected chi connectivity index (χ1v) is 6.71. The Labute approximate surface area is 110 Å². The van der Waals surface area contributed by atoms with E-state index in [2.05, 4.69) is 31.1 Å². The van der Waals surface area contributed by atoms with Crippen molar-refractivity contribution in [3.63, 3.8) is 0 Å². The molecule has 0 aliphatic heterocycles. The van der Waals surface area contributed by atoms with Gasteiger partial charge in [0.05, 0.1) is 0 Å². The summed E-state index contributed by atoms with van der Waals surface area (Å²) in [6.07, 6.45) is 2.50. The van der Waals surface area contributed by atoms with Crippen LogP contribution < -0.4 is 5.32 Å². The van der Waals surface area contributed by atoms with E-state index in [0.717, 1.165) is 23.8 Å². The summed E-state index contributed by atoms with van der Waals surface area (Å²) >= 11 is 5.93. The third kappa shape index (κ3) is 5.42. The molecule has 0 aliphatic rings. The van der Waals surface area contributed by atoms with Crippen molar-refractivity contribution in [1.29, 1.82) is 0 Å². The Morgan fingerprint density at radius 2 is 2.18 bits per heavy atom. The van der Waals surface area contributed by atoms with Crippen LogP contribution in [0.2, 0.25) is 5.02 Å². The monoisotopic (exact) mass is 254 g/mol. The summed E-state index contributed by atoms with van der Waals surface area (Å²) in [5.74, 6) is 0. The van der Waals surface area contributed by atoms with E-state index in [1.54, 1.807) is 0 Å². The van der Waals surface area contributed by atoms with Gasteiger partial charge >= 0.3 is 0 Å². The Balaban J connectivity index is 2.28. The Kier molecular flexibility index (Phi) is 6.38. The first kappa shape index (κ1) is 14.3. The van der Waals surface area contributed by atoms with Crippen molar-refractivity contribution >= 4 is 17.3 Å². The number of likely N-dealkylation sites (N-methyl/N-ethyl adjacent to an activating group) is 1. The Morgan fingerprint density at radius 1 is 1.41 bits per heavy atom. The Hall–Kier alpha value is -0.730. The Bertz CT molecular complexity index is 328. The topological polar surface area (TPSA) is 15.3 Å². The van der Waals surface area contributed by atoms with Crippen LogP contribution in [0.15, 0.2) is 24.3 Å². The van der Waals surface area contributed by atoms with E-state index in [-0.39, 0.29) is 0 Å². The maximum Gasteiger partial charge on any atom is 0.0426 e. The van der Waals surface area contributed by atoms with E-state index in [1.165, 1.54) is 12.8 Å². The van der Waals surface area contributed by atoms with Crippen molar-refractivity contribution < 1.29 is 0 Å². The third-order valence-corrected chi connectivity index (χ3v) is 3.31. The van der Waals surface area contributed by atoms with Gasteiger partial charge in [0.2, 0.25) is 0 Å². The van der Waals surface area contributed by atoms with Crippen LogP contribution in [-0.4, -0.2) is 31.1 Å². The minimum atomic E-state index is 0.654. The molecule has 1 aromatic carbocycles. The highest BCUT2D eigenvalue weighted by molar-refractivity contribution is 6.30. The molecule has 0 amide bonds. The van der Waals surface area contributed by atoms with Gasteiger partial charge < -0.3 is 10.2 Å². The minimum absolute atomic E-state index is 0.654. The minimum Gasteiger partial charge on any atom is -0.384 e. The van der Waals surface area contributed by atoms with Gasteiger partial charge in [-0.05, 0) is 38.6 Å². The van der Waals surface area contributed by atoms with Crippen LogP contribution >= 0.6 is 11.6 Å². The fourth-order valence-corrected chi connectivity index (χ4v) is 2.02. The van der Waals surface area contributed by atoms with E-state index in [1.807, 2.05) is 24.3 Å². The lowest BCUT2D eigenvalue weighted by Gasteiger charge is -2.24. The van der Waals surface area contributed by atoms with Crippen LogP contribution in [-0.2, 0) is 0 Å². The van der Waals surface area contributed by atoms with Crippen LogP contribution in [0, 0.1) is 0 Å². The SMILES string of the molecule is CCCC(C)N(C)CCNc1cccc(Cl)c1. The van der Waals surface area contributed by atoms with Crippen LogP contribution in [0.5, 0.6) is 0 Å². The molecule has 2 nitrogen and oxygen atoms in total. The van der Waals surface area contributed by atoms with Gasteiger partial charge in [-0.25, -0.2) is 0 Å². The lowest BCUT2D eigenvalue weighted by molar-refractivity contribution is 0.254. The molecular weight excluding hydrogens is 232 g/mol. The van der Waals surface area contributed by atoms with Gasteiger partial charge in [0, 0.05) is 29.8 Å². The largest absolute Gasteiger partial charge is 0.384 e. The van der Waals surface area contributed by atoms with Crippen LogP contribution in [0.4, 0.5) is 5.69 Å². The number of anilines is 1. The molecule has 0 heterocycles. The Morgan fingerprint density at radius 3 is 2.82 bits per heavy atom. The standard InChI is InChI=1S/C14H23ClN2/c1-4-6-12(2)17(3)10-9-16-14-8-5-7-13(15)11-14/h5,7-8,11-12,16H,4,6,9-10H2,1-3H3. The van der Waals surface area contributed by atoms with Crippen molar-refractivity contribution in [2.45, 2.75) is 32.7 Å². The van der Waals surface area contributed by atoms with Crippen LogP contribution in [0.1, 0.15) is 26.7 Å². The summed E-state index contributed by atoms with van der Waals surface area (Å²) in [5.41, 5.74) is 1.09. The summed E-state index contributed by atoms with van der Waals surface area (Å²) in [6.45, 7) is 6.51. The molecule has 1 atom stereocenters. The van der Waals surface area contributed by atoms with Gasteiger partial charge in [-0.3, -0.25) is 0 Å². The maximum atomic E-state index is 5.93. The number of nitrogens with zero attached hydrogens (tertiary/aromatic N) is 1. The highest BCUT2D eigenvalue weighted by Crippen LogP contribution is 2.14. The summed E-state index contributed by atoms with van der Waals surface area (Å²) in [5, 5.41) is 4.17. The maximum absolute atomic E-state index is 5.93. The average Bonchev–Trinajstić information content (AvgIpc) is 2.29. The normalized spacial score (nSPS) is 12.8. The summed E-state index contributed by atoms with van der Waals surface area (Å²) in [4.78, 5) is 2.39. The zero-order chi connectivity index (χ0) is 12.7. The van der Waals surface area contributed by atoms with Crippen molar-refractivity contribution in [2.75, 3.05) is 25.5 Å². The molecule has 0 aliphatic carbocycles. The number of benzene rings is 1. The molecule has 0 bridgehead atoms. The van der Waals surface area contributed by atoms with E-state index < -0.39 is 0 Å². The summed E-state index contributed by atoms with van der Waals surface area (Å²) in [7, 11) is 2.18. The summed E-state index contributed by atoms with van der Waals surface area (Å²) < 4.78 is 0. The zero-order valence-corrected chi connectivity index (χ0v) is 11.8. The van der Waals surface area contributed by atoms with Crippen LogP contribution in [0.25, 0.3) is 0 Å². The van der Waals surface area contributed by atoms with Gasteiger partial charge in [-0.15, -0.1) is 0 Å². The molecule has 0 aromatic heterocycles. The predicted octanol–water partition coefficient (Wildman–Crippen LogP) is 3.87. The van der Waals surface area contributed by atoms with E-state index >= 15 is 0 Å². The highest BCUT2D eigenvalue weighted by Gasteiger charge is 2.06. The molecule has 1 aromatic rings. The molecule has 1 N–H and O–H groups in total. The molecule has 0 saturated carbocycles. The van der Waals surface area contributed by atoms with Crippen molar-refractivity contribution in [3.05, 3.63) is 29.3 Å². The molecule has 0 saturated heterocycles. The fraction of sp³-hybridized carbons (Fsp3) is 0.571. The second-order valence-electron chi connectivity index (χ2n) is 4.56. The molecule has 3 heteroatoms. The first-order valence-electron chi connectivity index (χ1n) is 6.33. The first-order chi connectivity index (χ1) is 8.13. The van der Waals surface area contributed by atoms with Crippen molar-refractivity contribution in [2.24, 2.45) is 0 Å². The quantitative estimate of drug-likeness (QED) is 0.795. The zero-order valence-electron chi connectivity index (χ0n) is 11.0. The molecular formula is C14H23ClN2. The number of nitrogens with one attached hydrogen (secondary N) is 1. The smallest absolute Gasteiger partial charge is 0.0426 e. The number of hydrogen-bond acceptors (Lipinski definition) is 2. The van der Waals surface area contributed by atoms with E-state index in [0.29, 0.717) is 6.04 Å². The molecule has 0 spiro atoms. The fourth-order valence-electron chi connectivity index (χ4n) is 1.83. The van der Waals surface area contributed by atoms with E-state index in [4.69, 9.17) is 11.6 Å². The molecule has 0 radical (unpaired) electrons. The van der Waals surface area contributed by atoms with Gasteiger partial charge in [0.25, 0.3) is 0 Å². The number of rotatable bonds is 7. The number of halogens is 1. The van der Waals surface area contributed by atoms with Crippen molar-refractivity contribution in [3.8, 4) is 0 Å². The summed E-state index contributed by atoms with van der Waals surface area (Å²) in [6, 6.07) is 8.51. The third-order valence-electron chi connectivity index (χ3n) is 3.08. The van der Waals surface area contributed by atoms with E-state index in [9.17, 15) is 0 Å². The lowest BCUT2D eigenvalue weighted by Crippen LogP contribution is -2.33. The van der Waals surface area contributed by atoms with Gasteiger partial charge in [0.15, 0.2) is 0 Å². The van der Waals surface area contributed by atoms with Gasteiger partial charge in [-0.1, -0.05) is 31.0 Å². The molecule has 0 fully saturated rings. The predicted molar refractivity (Wildman–Crippen MR) is 76.9 cm³/mol.